The Kier molecular flexibility index (Phi) is 5.78. The largest absolute Gasteiger partial charge is 0.495 e. The Morgan fingerprint density at radius 3 is 2.71 bits per heavy atom. The molecule has 1 aromatic rings. The summed E-state index contributed by atoms with van der Waals surface area (Å²) >= 11 is 0. The van der Waals surface area contributed by atoms with E-state index in [1.165, 1.54) is 12.8 Å². The lowest BCUT2D eigenvalue weighted by atomic mass is 9.75. The number of urea groups is 1. The van der Waals surface area contributed by atoms with Crippen LogP contribution >= 0.6 is 0 Å². The number of rotatable bonds is 3. The van der Waals surface area contributed by atoms with Crippen LogP contribution in [0.4, 0.5) is 10.5 Å². The van der Waals surface area contributed by atoms with Gasteiger partial charge in [-0.3, -0.25) is 9.69 Å². The zero-order valence-corrected chi connectivity index (χ0v) is 18.5. The molecular weight excluding hydrogens is 392 g/mol. The van der Waals surface area contributed by atoms with Crippen molar-refractivity contribution in [1.29, 1.82) is 0 Å². The fraction of sp³-hybridized carbons (Fsp3) is 0.667. The van der Waals surface area contributed by atoms with Gasteiger partial charge in [-0.15, -0.1) is 0 Å². The topological polar surface area (TPSA) is 65.1 Å². The number of methoxy groups -OCH3 is 1. The molecule has 2 bridgehead atoms. The second-order valence-corrected chi connectivity index (χ2v) is 9.67. The van der Waals surface area contributed by atoms with Crippen molar-refractivity contribution in [3.8, 4) is 5.75 Å². The van der Waals surface area contributed by atoms with Crippen LogP contribution in [-0.2, 0) is 4.79 Å². The summed E-state index contributed by atoms with van der Waals surface area (Å²) in [6.45, 7) is 4.74. The molecule has 1 aromatic carbocycles. The van der Waals surface area contributed by atoms with Gasteiger partial charge in [0.2, 0.25) is 5.91 Å². The van der Waals surface area contributed by atoms with E-state index < -0.39 is 0 Å². The van der Waals surface area contributed by atoms with Crippen LogP contribution in [0.3, 0.4) is 0 Å². The van der Waals surface area contributed by atoms with E-state index in [0.717, 1.165) is 58.4 Å². The van der Waals surface area contributed by atoms with Crippen LogP contribution in [0.15, 0.2) is 24.3 Å². The van der Waals surface area contributed by atoms with Crippen LogP contribution in [0, 0.1) is 11.8 Å². The van der Waals surface area contributed by atoms with Gasteiger partial charge in [-0.25, -0.2) is 4.79 Å². The number of amides is 3. The zero-order valence-electron chi connectivity index (χ0n) is 18.5. The Hall–Kier alpha value is -2.28. The summed E-state index contributed by atoms with van der Waals surface area (Å²) < 4.78 is 5.35. The molecule has 4 heterocycles. The van der Waals surface area contributed by atoms with Crippen molar-refractivity contribution in [2.45, 2.75) is 50.6 Å². The van der Waals surface area contributed by atoms with Gasteiger partial charge in [0.1, 0.15) is 5.75 Å². The first-order valence-corrected chi connectivity index (χ1v) is 11.8. The van der Waals surface area contributed by atoms with E-state index in [1.807, 2.05) is 29.2 Å². The van der Waals surface area contributed by atoms with Gasteiger partial charge in [0.25, 0.3) is 0 Å². The van der Waals surface area contributed by atoms with Crippen molar-refractivity contribution < 1.29 is 14.3 Å². The normalized spacial score (nSPS) is 29.5. The third kappa shape index (κ3) is 4.12. The molecule has 0 aliphatic carbocycles. The van der Waals surface area contributed by atoms with E-state index >= 15 is 0 Å². The summed E-state index contributed by atoms with van der Waals surface area (Å²) in [7, 11) is 1.62. The molecule has 7 nitrogen and oxygen atoms in total. The number of ether oxygens (including phenoxy) is 1. The van der Waals surface area contributed by atoms with E-state index in [9.17, 15) is 9.59 Å². The third-order valence-electron chi connectivity index (χ3n) is 7.82. The first kappa shape index (κ1) is 20.6. The zero-order chi connectivity index (χ0) is 21.4. The summed E-state index contributed by atoms with van der Waals surface area (Å²) in [5.41, 5.74) is 0.715. The van der Waals surface area contributed by atoms with E-state index in [1.54, 1.807) is 7.11 Å². The summed E-state index contributed by atoms with van der Waals surface area (Å²) in [5.74, 6) is 2.31. The highest BCUT2D eigenvalue weighted by atomic mass is 16.5. The quantitative estimate of drug-likeness (QED) is 0.807. The van der Waals surface area contributed by atoms with Crippen molar-refractivity contribution in [1.82, 2.24) is 14.7 Å². The minimum absolute atomic E-state index is 0.0465. The molecule has 0 radical (unpaired) electrons. The molecule has 5 rings (SSSR count). The Balaban J connectivity index is 1.16. The molecule has 4 aliphatic rings. The number of anilines is 1. The molecule has 0 aromatic heterocycles. The molecule has 3 atom stereocenters. The van der Waals surface area contributed by atoms with Crippen molar-refractivity contribution >= 4 is 17.6 Å². The van der Waals surface area contributed by atoms with E-state index in [4.69, 9.17) is 4.74 Å². The lowest BCUT2D eigenvalue weighted by Crippen LogP contribution is -2.62. The predicted molar refractivity (Wildman–Crippen MR) is 119 cm³/mol. The maximum atomic E-state index is 12.8. The van der Waals surface area contributed by atoms with Crippen LogP contribution in [0.1, 0.15) is 38.5 Å². The second-order valence-electron chi connectivity index (χ2n) is 9.67. The number of fused-ring (bicyclic) bond motifs is 4. The van der Waals surface area contributed by atoms with Crippen LogP contribution in [0.5, 0.6) is 5.75 Å². The molecule has 4 fully saturated rings. The molecular formula is C24H34N4O3. The van der Waals surface area contributed by atoms with Crippen molar-refractivity contribution in [3.05, 3.63) is 24.3 Å². The van der Waals surface area contributed by atoms with Crippen molar-refractivity contribution in [2.24, 2.45) is 11.8 Å². The molecule has 0 spiro atoms. The minimum atomic E-state index is -0.0465. The highest BCUT2D eigenvalue weighted by Gasteiger charge is 2.45. The molecule has 7 heteroatoms. The minimum Gasteiger partial charge on any atom is -0.495 e. The summed E-state index contributed by atoms with van der Waals surface area (Å²) in [6.07, 6.45) is 6.30. The number of carbonyl (C=O) groups excluding carboxylic acids is 2. The Bertz CT molecular complexity index is 823. The van der Waals surface area contributed by atoms with E-state index in [2.05, 4.69) is 15.1 Å². The smallest absolute Gasteiger partial charge is 0.321 e. The van der Waals surface area contributed by atoms with Gasteiger partial charge in [0, 0.05) is 51.2 Å². The number of benzene rings is 1. The number of hydrogen-bond acceptors (Lipinski definition) is 4. The van der Waals surface area contributed by atoms with Crippen molar-refractivity contribution in [2.75, 3.05) is 45.2 Å². The number of likely N-dealkylation sites (tertiary alicyclic amines) is 2. The molecule has 31 heavy (non-hydrogen) atoms. The standard InChI is InChI=1S/C24H34N4O3/c1-31-22-7-3-2-5-20(22)25-24(30)26-11-9-19(10-12-26)27-14-17-13-18(16-27)21-6-4-8-23(29)28(21)15-17/h2-3,5,7,17-19,21H,4,6,8-16H2,1H3,(H,25,30)/t17?,18?,21-/m1/s1. The highest BCUT2D eigenvalue weighted by molar-refractivity contribution is 5.91. The Morgan fingerprint density at radius 1 is 1.10 bits per heavy atom. The van der Waals surface area contributed by atoms with Gasteiger partial charge in [-0.05, 0) is 56.1 Å². The maximum Gasteiger partial charge on any atom is 0.321 e. The van der Waals surface area contributed by atoms with Gasteiger partial charge in [-0.1, -0.05) is 12.1 Å². The van der Waals surface area contributed by atoms with Gasteiger partial charge in [0.15, 0.2) is 0 Å². The molecule has 4 aliphatic heterocycles. The molecule has 3 amide bonds. The number of nitrogens with one attached hydrogen (secondary N) is 1. The monoisotopic (exact) mass is 426 g/mol. The van der Waals surface area contributed by atoms with Gasteiger partial charge in [0.05, 0.1) is 12.8 Å². The fourth-order valence-electron chi connectivity index (χ4n) is 6.32. The molecule has 4 saturated heterocycles. The Labute approximate surface area is 184 Å². The summed E-state index contributed by atoms with van der Waals surface area (Å²) in [4.78, 5) is 32.0. The third-order valence-corrected chi connectivity index (χ3v) is 7.82. The molecule has 0 saturated carbocycles. The van der Waals surface area contributed by atoms with Gasteiger partial charge in [-0.2, -0.15) is 0 Å². The average Bonchev–Trinajstić information content (AvgIpc) is 2.80. The number of piperidine rings is 4. The second kappa shape index (κ2) is 8.69. The predicted octanol–water partition coefficient (Wildman–Crippen LogP) is 3.02. The summed E-state index contributed by atoms with van der Waals surface area (Å²) in [6, 6.07) is 8.49. The lowest BCUT2D eigenvalue weighted by Gasteiger charge is -2.54. The van der Waals surface area contributed by atoms with Crippen LogP contribution in [-0.4, -0.2) is 78.6 Å². The maximum absolute atomic E-state index is 12.8. The molecule has 1 N–H and O–H groups in total. The number of carbonyl (C=O) groups is 2. The molecule has 168 valence electrons. The van der Waals surface area contributed by atoms with E-state index in [-0.39, 0.29) is 6.03 Å². The first-order valence-electron chi connectivity index (χ1n) is 11.8. The lowest BCUT2D eigenvalue weighted by molar-refractivity contribution is -0.145. The number of nitrogens with zero attached hydrogens (tertiary/aromatic N) is 3. The van der Waals surface area contributed by atoms with Crippen LogP contribution in [0.2, 0.25) is 0 Å². The van der Waals surface area contributed by atoms with Crippen LogP contribution in [0.25, 0.3) is 0 Å². The van der Waals surface area contributed by atoms with Gasteiger partial charge < -0.3 is 19.9 Å². The first-order chi connectivity index (χ1) is 15.1. The van der Waals surface area contributed by atoms with E-state index in [0.29, 0.717) is 41.3 Å². The van der Waals surface area contributed by atoms with Gasteiger partial charge >= 0.3 is 6.03 Å². The molecule has 2 unspecified atom stereocenters. The summed E-state index contributed by atoms with van der Waals surface area (Å²) in [5, 5.41) is 3.00. The average molecular weight is 427 g/mol. The van der Waals surface area contributed by atoms with Crippen LogP contribution < -0.4 is 10.1 Å². The fourth-order valence-corrected chi connectivity index (χ4v) is 6.32. The highest BCUT2D eigenvalue weighted by Crippen LogP contribution is 2.39. The SMILES string of the molecule is COc1ccccc1NC(=O)N1CCC(N2CC3CC(C2)[C@H]2CCCC(=O)N2C3)CC1. The number of hydrogen-bond donors (Lipinski definition) is 1. The number of para-hydroxylation sites is 2. The van der Waals surface area contributed by atoms with Crippen molar-refractivity contribution in [3.63, 3.8) is 0 Å². The Morgan fingerprint density at radius 2 is 1.90 bits per heavy atom.